The van der Waals surface area contributed by atoms with Gasteiger partial charge >= 0.3 is 0 Å². The van der Waals surface area contributed by atoms with Crippen molar-refractivity contribution in [3.05, 3.63) is 47.0 Å². The molecular formula is C14H16BrN3O5S. The Morgan fingerprint density at radius 1 is 1.42 bits per heavy atom. The Kier molecular flexibility index (Phi) is 5.02. The highest BCUT2D eigenvalue weighted by molar-refractivity contribution is 9.10. The fraction of sp³-hybridized carbons (Fsp3) is 0.429. The van der Waals surface area contributed by atoms with Crippen molar-refractivity contribution >= 4 is 26.0 Å². The van der Waals surface area contributed by atoms with Crippen LogP contribution in [0.3, 0.4) is 0 Å². The fourth-order valence-corrected chi connectivity index (χ4v) is 3.07. The lowest BCUT2D eigenvalue weighted by Gasteiger charge is -2.28. The van der Waals surface area contributed by atoms with E-state index in [1.54, 1.807) is 11.0 Å². The van der Waals surface area contributed by atoms with Crippen LogP contribution in [0, 0.1) is 0 Å². The third-order valence-electron chi connectivity index (χ3n) is 3.45. The zero-order valence-electron chi connectivity index (χ0n) is 12.8. The summed E-state index contributed by atoms with van der Waals surface area (Å²) in [6, 6.07) is 7.51. The third-order valence-corrected chi connectivity index (χ3v) is 4.54. The molecule has 0 unspecified atom stereocenters. The first-order valence-corrected chi connectivity index (χ1v) is 9.72. The molecule has 0 amide bonds. The van der Waals surface area contributed by atoms with Crippen LogP contribution in [0.4, 0.5) is 0 Å². The summed E-state index contributed by atoms with van der Waals surface area (Å²) < 4.78 is 41.6. The first kappa shape index (κ1) is 17.5. The van der Waals surface area contributed by atoms with Gasteiger partial charge in [-0.05, 0) is 12.1 Å². The van der Waals surface area contributed by atoms with Crippen LogP contribution in [0.2, 0.25) is 0 Å². The monoisotopic (exact) mass is 417 g/mol. The number of nitrogens with zero attached hydrogens (tertiary/aromatic N) is 3. The second kappa shape index (κ2) is 6.89. The van der Waals surface area contributed by atoms with Gasteiger partial charge in [0.05, 0.1) is 19.5 Å². The molecule has 1 aromatic carbocycles. The van der Waals surface area contributed by atoms with E-state index in [1.165, 1.54) is 6.33 Å². The number of hydrogen-bond donors (Lipinski definition) is 0. The van der Waals surface area contributed by atoms with Crippen molar-refractivity contribution in [2.75, 3.05) is 19.5 Å². The minimum Gasteiger partial charge on any atom is -0.342 e. The van der Waals surface area contributed by atoms with Crippen LogP contribution in [-0.4, -0.2) is 48.8 Å². The summed E-state index contributed by atoms with van der Waals surface area (Å²) in [5.74, 6) is -1.08. The molecule has 0 spiro atoms. The predicted octanol–water partition coefficient (Wildman–Crippen LogP) is 1.29. The van der Waals surface area contributed by atoms with Crippen molar-refractivity contribution in [3.8, 4) is 0 Å². The average molecular weight is 418 g/mol. The molecule has 2 atom stereocenters. The van der Waals surface area contributed by atoms with Crippen LogP contribution in [-0.2, 0) is 36.1 Å². The van der Waals surface area contributed by atoms with Gasteiger partial charge in [0.1, 0.15) is 25.3 Å². The van der Waals surface area contributed by atoms with Gasteiger partial charge in [-0.2, -0.15) is 13.5 Å². The van der Waals surface area contributed by atoms with Gasteiger partial charge in [0.25, 0.3) is 10.1 Å². The first-order valence-electron chi connectivity index (χ1n) is 7.11. The molecule has 1 aromatic heterocycles. The Labute approximate surface area is 148 Å². The Morgan fingerprint density at radius 3 is 2.79 bits per heavy atom. The number of benzene rings is 1. The van der Waals surface area contributed by atoms with Crippen molar-refractivity contribution in [1.82, 2.24) is 14.8 Å². The molecule has 2 heterocycles. The Balaban J connectivity index is 1.82. The molecule has 10 heteroatoms. The molecule has 0 bridgehead atoms. The standard InChI is InChI=1S/C14H16BrN3O5S/c1-24(19,20)22-7-13-6-21-14(23-13,8-18-10-16-9-17-18)11-2-4-12(15)5-3-11/h2-5,9-10,13H,6-8H2,1H3/t13-,14+/m0/s1. The predicted molar refractivity (Wildman–Crippen MR) is 87.5 cm³/mol. The van der Waals surface area contributed by atoms with Gasteiger partial charge in [-0.15, -0.1) is 0 Å². The number of rotatable bonds is 6. The lowest BCUT2D eigenvalue weighted by molar-refractivity contribution is -0.190. The van der Waals surface area contributed by atoms with Crippen molar-refractivity contribution in [2.24, 2.45) is 0 Å². The Morgan fingerprint density at radius 2 is 2.17 bits per heavy atom. The third kappa shape index (κ3) is 4.19. The van der Waals surface area contributed by atoms with E-state index in [1.807, 2.05) is 24.3 Å². The van der Waals surface area contributed by atoms with Gasteiger partial charge < -0.3 is 9.47 Å². The maximum absolute atomic E-state index is 11.2. The highest BCUT2D eigenvalue weighted by Crippen LogP contribution is 2.36. The summed E-state index contributed by atoms with van der Waals surface area (Å²) in [7, 11) is -3.54. The summed E-state index contributed by atoms with van der Waals surface area (Å²) in [4.78, 5) is 3.92. The minimum atomic E-state index is -3.54. The average Bonchev–Trinajstić information content (AvgIpc) is 3.16. The van der Waals surface area contributed by atoms with E-state index in [4.69, 9.17) is 13.7 Å². The Bertz CT molecular complexity index is 781. The molecule has 1 aliphatic heterocycles. The molecule has 2 aromatic rings. The second-order valence-corrected chi connectivity index (χ2v) is 7.95. The summed E-state index contributed by atoms with van der Waals surface area (Å²) >= 11 is 3.39. The number of ether oxygens (including phenoxy) is 2. The first-order chi connectivity index (χ1) is 11.4. The highest BCUT2D eigenvalue weighted by atomic mass is 79.9. The smallest absolute Gasteiger partial charge is 0.264 e. The van der Waals surface area contributed by atoms with Gasteiger partial charge in [0.2, 0.25) is 5.79 Å². The van der Waals surface area contributed by atoms with Gasteiger partial charge in [-0.3, -0.25) is 4.18 Å². The van der Waals surface area contributed by atoms with E-state index in [9.17, 15) is 8.42 Å². The van der Waals surface area contributed by atoms with Crippen LogP contribution in [0.5, 0.6) is 0 Å². The van der Waals surface area contributed by atoms with E-state index >= 15 is 0 Å². The van der Waals surface area contributed by atoms with Crippen LogP contribution < -0.4 is 0 Å². The zero-order valence-corrected chi connectivity index (χ0v) is 15.2. The molecule has 0 saturated carbocycles. The summed E-state index contributed by atoms with van der Waals surface area (Å²) in [5.41, 5.74) is 0.794. The molecule has 130 valence electrons. The topological polar surface area (TPSA) is 92.5 Å². The van der Waals surface area contributed by atoms with Crippen molar-refractivity contribution < 1.29 is 22.1 Å². The molecule has 8 nitrogen and oxygen atoms in total. The molecule has 1 fully saturated rings. The van der Waals surface area contributed by atoms with Gasteiger partial charge in [-0.1, -0.05) is 28.1 Å². The number of hydrogen-bond acceptors (Lipinski definition) is 7. The number of halogens is 1. The second-order valence-electron chi connectivity index (χ2n) is 5.39. The SMILES string of the molecule is CS(=O)(=O)OC[C@@H]1CO[C@@](Cn2cncn2)(c2ccc(Br)cc2)O1. The molecule has 3 rings (SSSR count). The Hall–Kier alpha value is -1.33. The van der Waals surface area contributed by atoms with Crippen LogP contribution in [0.1, 0.15) is 5.56 Å². The zero-order chi connectivity index (χ0) is 17.2. The fourth-order valence-electron chi connectivity index (χ4n) is 2.40. The normalized spacial score (nSPS) is 24.3. The van der Waals surface area contributed by atoms with Crippen LogP contribution in [0.15, 0.2) is 41.4 Å². The quantitative estimate of drug-likeness (QED) is 0.653. The minimum absolute atomic E-state index is 0.103. The molecular weight excluding hydrogens is 402 g/mol. The summed E-state index contributed by atoms with van der Waals surface area (Å²) in [6.45, 7) is 0.388. The molecule has 0 aliphatic carbocycles. The van der Waals surface area contributed by atoms with E-state index in [2.05, 4.69) is 26.0 Å². The van der Waals surface area contributed by atoms with E-state index in [-0.39, 0.29) is 19.8 Å². The largest absolute Gasteiger partial charge is 0.342 e. The van der Waals surface area contributed by atoms with E-state index < -0.39 is 22.0 Å². The molecule has 0 N–H and O–H groups in total. The highest BCUT2D eigenvalue weighted by Gasteiger charge is 2.44. The van der Waals surface area contributed by atoms with E-state index in [0.29, 0.717) is 0 Å². The van der Waals surface area contributed by atoms with Crippen LogP contribution >= 0.6 is 15.9 Å². The molecule has 1 saturated heterocycles. The van der Waals surface area contributed by atoms with Gasteiger partial charge in [-0.25, -0.2) is 9.67 Å². The van der Waals surface area contributed by atoms with Crippen molar-refractivity contribution in [3.63, 3.8) is 0 Å². The maximum Gasteiger partial charge on any atom is 0.264 e. The van der Waals surface area contributed by atoms with Crippen molar-refractivity contribution in [2.45, 2.75) is 18.4 Å². The lowest BCUT2D eigenvalue weighted by atomic mass is 10.1. The summed E-state index contributed by atoms with van der Waals surface area (Å²) in [5, 5.41) is 4.09. The van der Waals surface area contributed by atoms with E-state index in [0.717, 1.165) is 16.3 Å². The maximum atomic E-state index is 11.2. The molecule has 0 radical (unpaired) electrons. The summed E-state index contributed by atoms with van der Waals surface area (Å²) in [6.07, 6.45) is 3.48. The van der Waals surface area contributed by atoms with Crippen molar-refractivity contribution in [1.29, 1.82) is 0 Å². The van der Waals surface area contributed by atoms with Gasteiger partial charge in [0, 0.05) is 10.0 Å². The molecule has 1 aliphatic rings. The van der Waals surface area contributed by atoms with Crippen LogP contribution in [0.25, 0.3) is 0 Å². The molecule has 24 heavy (non-hydrogen) atoms. The number of aromatic nitrogens is 3. The lowest BCUT2D eigenvalue weighted by Crippen LogP contribution is -2.34. The van der Waals surface area contributed by atoms with Gasteiger partial charge in [0.15, 0.2) is 0 Å².